The van der Waals surface area contributed by atoms with Crippen LogP contribution in [0.15, 0.2) is 24.0 Å². The van der Waals surface area contributed by atoms with Crippen LogP contribution in [0.1, 0.15) is 25.7 Å². The first-order chi connectivity index (χ1) is 7.33. The monoisotopic (exact) mass is 260 g/mol. The third-order valence-corrected chi connectivity index (χ3v) is 10.3. The van der Waals surface area contributed by atoms with Gasteiger partial charge in [-0.1, -0.05) is 24.0 Å². The molecule has 16 heavy (non-hydrogen) atoms. The Balaban J connectivity index is 2.58. The van der Waals surface area contributed by atoms with Crippen molar-refractivity contribution in [3.63, 3.8) is 0 Å². The molecule has 0 aromatic carbocycles. The molecule has 1 fully saturated rings. The van der Waals surface area contributed by atoms with Gasteiger partial charge >= 0.3 is 0 Å². The van der Waals surface area contributed by atoms with Gasteiger partial charge in [0, 0.05) is 0 Å². The van der Waals surface area contributed by atoms with E-state index in [1.807, 2.05) is 0 Å². The molecule has 1 rings (SSSR count). The lowest BCUT2D eigenvalue weighted by atomic mass is 10.00. The molecule has 0 atom stereocenters. The Kier molecular flexibility index (Phi) is 4.65. The van der Waals surface area contributed by atoms with Gasteiger partial charge in [0.15, 0.2) is 0 Å². The van der Waals surface area contributed by atoms with E-state index >= 15 is 0 Å². The van der Waals surface area contributed by atoms with Crippen LogP contribution in [-0.2, 0) is 0 Å². The summed E-state index contributed by atoms with van der Waals surface area (Å²) in [4.78, 5) is 0. The van der Waals surface area contributed by atoms with Crippen molar-refractivity contribution in [3.05, 3.63) is 24.0 Å². The Labute approximate surface area is 105 Å². The molecule has 0 heterocycles. The molecule has 1 aliphatic rings. The first kappa shape index (κ1) is 14.2. The highest BCUT2D eigenvalue weighted by Gasteiger charge is 2.31. The number of hydrogen-bond donors (Lipinski definition) is 0. The molecule has 1 saturated carbocycles. The molecule has 0 aromatic heterocycles. The predicted octanol–water partition coefficient (Wildman–Crippen LogP) is 4.71. The Morgan fingerprint density at radius 2 is 1.00 bits per heavy atom. The van der Waals surface area contributed by atoms with E-state index < -0.39 is 20.1 Å². The predicted molar refractivity (Wildman–Crippen MR) is 85.3 cm³/mol. The topological polar surface area (TPSA) is 0 Å². The van der Waals surface area contributed by atoms with Crippen molar-refractivity contribution < 1.29 is 0 Å². The van der Waals surface area contributed by atoms with E-state index in [2.05, 4.69) is 49.0 Å². The molecule has 0 amide bonds. The third kappa shape index (κ3) is 3.10. The molecule has 0 aromatic rings. The van der Waals surface area contributed by atoms with E-state index in [9.17, 15) is 0 Å². The highest BCUT2D eigenvalue weighted by atomic mass is 32.3. The fourth-order valence-corrected chi connectivity index (χ4v) is 6.04. The summed E-state index contributed by atoms with van der Waals surface area (Å²) in [6.45, 7) is 8.04. The second kappa shape index (κ2) is 5.22. The van der Waals surface area contributed by atoms with Gasteiger partial charge in [0.2, 0.25) is 0 Å². The number of hydrogen-bond acceptors (Lipinski definition) is 0. The molecule has 0 bridgehead atoms. The van der Waals surface area contributed by atoms with Gasteiger partial charge in [-0.3, -0.25) is 0 Å². The Morgan fingerprint density at radius 1 is 0.750 bits per heavy atom. The van der Waals surface area contributed by atoms with Crippen LogP contribution in [0.25, 0.3) is 0 Å². The zero-order chi connectivity index (χ0) is 12.4. The normalized spacial score (nSPS) is 29.5. The quantitative estimate of drug-likeness (QED) is 0.686. The molecule has 0 saturated heterocycles. The van der Waals surface area contributed by atoms with E-state index in [-0.39, 0.29) is 0 Å². The lowest BCUT2D eigenvalue weighted by molar-refractivity contribution is 0.523. The average molecular weight is 261 g/mol. The van der Waals surface area contributed by atoms with Gasteiger partial charge in [-0.2, -0.15) is 0 Å². The summed E-state index contributed by atoms with van der Waals surface area (Å²) in [6, 6.07) is 0. The van der Waals surface area contributed by atoms with Crippen molar-refractivity contribution in [2.24, 2.45) is 0 Å². The second-order valence-corrected chi connectivity index (χ2v) is 13.7. The minimum Gasteiger partial charge on any atom is -0.225 e. The van der Waals surface area contributed by atoms with Crippen molar-refractivity contribution in [3.8, 4) is 0 Å². The standard InChI is InChI=1S/C14H28S2/c1-7-15(3,4)13-9-11-14(12-10-13)16(5,6)8-2/h7-8,13-14H,1-2,9-12H2,3-6H3. The van der Waals surface area contributed by atoms with Gasteiger partial charge in [-0.25, -0.2) is 20.1 Å². The van der Waals surface area contributed by atoms with E-state index in [0.717, 1.165) is 10.5 Å². The zero-order valence-corrected chi connectivity index (χ0v) is 13.0. The summed E-state index contributed by atoms with van der Waals surface area (Å²) in [5.41, 5.74) is 0. The maximum atomic E-state index is 4.02. The summed E-state index contributed by atoms with van der Waals surface area (Å²) in [5.74, 6) is 0. The molecule has 0 aliphatic heterocycles. The smallest absolute Gasteiger partial charge is 0.00830 e. The van der Waals surface area contributed by atoms with Gasteiger partial charge in [-0.15, -0.1) is 0 Å². The molecule has 0 N–H and O–H groups in total. The van der Waals surface area contributed by atoms with Crippen LogP contribution in [0.4, 0.5) is 0 Å². The molecular weight excluding hydrogens is 232 g/mol. The van der Waals surface area contributed by atoms with Gasteiger partial charge in [0.05, 0.1) is 0 Å². The minimum absolute atomic E-state index is 0.550. The maximum absolute atomic E-state index is 4.02. The fraction of sp³-hybridized carbons (Fsp3) is 0.714. The number of rotatable bonds is 4. The highest BCUT2D eigenvalue weighted by Crippen LogP contribution is 2.57. The van der Waals surface area contributed by atoms with Crippen molar-refractivity contribution in [2.45, 2.75) is 36.2 Å². The third-order valence-electron chi connectivity index (χ3n) is 4.20. The van der Waals surface area contributed by atoms with E-state index in [4.69, 9.17) is 0 Å². The summed E-state index contributed by atoms with van der Waals surface area (Å²) in [7, 11) is -1.10. The molecule has 0 nitrogen and oxygen atoms in total. The summed E-state index contributed by atoms with van der Waals surface area (Å²) in [6.07, 6.45) is 15.3. The zero-order valence-electron chi connectivity index (χ0n) is 11.4. The van der Waals surface area contributed by atoms with E-state index in [0.29, 0.717) is 0 Å². The summed E-state index contributed by atoms with van der Waals surface area (Å²) >= 11 is 0. The lowest BCUT2D eigenvalue weighted by Gasteiger charge is -2.46. The summed E-state index contributed by atoms with van der Waals surface area (Å²) in [5, 5.41) is 6.29. The Morgan fingerprint density at radius 3 is 1.19 bits per heavy atom. The lowest BCUT2D eigenvalue weighted by Crippen LogP contribution is -2.27. The van der Waals surface area contributed by atoms with E-state index in [1.54, 1.807) is 0 Å². The van der Waals surface area contributed by atoms with Crippen LogP contribution in [0.2, 0.25) is 0 Å². The Bertz CT molecular complexity index is 230. The SMILES string of the molecule is C=CS(C)(C)C1CCC(S(C)(C)C=C)CC1. The second-order valence-electron chi connectivity index (χ2n) is 5.71. The van der Waals surface area contributed by atoms with Gasteiger partial charge in [-0.05, 0) is 61.2 Å². The molecule has 0 unspecified atom stereocenters. The van der Waals surface area contributed by atoms with Crippen LogP contribution in [0.5, 0.6) is 0 Å². The maximum Gasteiger partial charge on any atom is -0.00830 e. The van der Waals surface area contributed by atoms with Crippen LogP contribution < -0.4 is 0 Å². The van der Waals surface area contributed by atoms with Crippen molar-refractivity contribution in [1.82, 2.24) is 0 Å². The van der Waals surface area contributed by atoms with Crippen LogP contribution >= 0.6 is 20.1 Å². The molecule has 2 heteroatoms. The Hall–Kier alpha value is 0.180. The first-order valence-electron chi connectivity index (χ1n) is 6.03. The van der Waals surface area contributed by atoms with Gasteiger partial charge in [0.25, 0.3) is 0 Å². The van der Waals surface area contributed by atoms with Crippen LogP contribution in [0, 0.1) is 0 Å². The van der Waals surface area contributed by atoms with Gasteiger partial charge < -0.3 is 0 Å². The molecule has 0 radical (unpaired) electrons. The van der Waals surface area contributed by atoms with Crippen molar-refractivity contribution in [1.29, 1.82) is 0 Å². The molecule has 96 valence electrons. The van der Waals surface area contributed by atoms with Crippen LogP contribution in [-0.4, -0.2) is 35.5 Å². The largest absolute Gasteiger partial charge is 0.225 e. The average Bonchev–Trinajstić information content (AvgIpc) is 2.29. The molecule has 1 aliphatic carbocycles. The van der Waals surface area contributed by atoms with E-state index in [1.165, 1.54) is 25.7 Å². The van der Waals surface area contributed by atoms with Crippen molar-refractivity contribution >= 4 is 20.1 Å². The highest BCUT2D eigenvalue weighted by molar-refractivity contribution is 8.36. The summed E-state index contributed by atoms with van der Waals surface area (Å²) < 4.78 is 0. The molecule has 0 spiro atoms. The minimum atomic E-state index is -0.550. The van der Waals surface area contributed by atoms with Crippen molar-refractivity contribution in [2.75, 3.05) is 25.0 Å². The first-order valence-corrected chi connectivity index (χ1v) is 11.2. The van der Waals surface area contributed by atoms with Crippen LogP contribution in [0.3, 0.4) is 0 Å². The fourth-order valence-electron chi connectivity index (χ4n) is 2.52. The van der Waals surface area contributed by atoms with Gasteiger partial charge in [0.1, 0.15) is 0 Å². The molecular formula is C14H28S2.